The first-order valence-corrected chi connectivity index (χ1v) is 6.55. The molecule has 0 spiro atoms. The highest BCUT2D eigenvalue weighted by molar-refractivity contribution is 5.91. The van der Waals surface area contributed by atoms with E-state index in [0.717, 1.165) is 28.1 Å². The summed E-state index contributed by atoms with van der Waals surface area (Å²) in [7, 11) is 1.96. The molecule has 0 atom stereocenters. The fourth-order valence-electron chi connectivity index (χ4n) is 2.25. The van der Waals surface area contributed by atoms with Crippen LogP contribution in [-0.4, -0.2) is 40.3 Å². The normalized spacial score (nSPS) is 10.9. The van der Waals surface area contributed by atoms with Crippen LogP contribution in [0.1, 0.15) is 0 Å². The molecule has 20 heavy (non-hydrogen) atoms. The second kappa shape index (κ2) is 5.30. The van der Waals surface area contributed by atoms with Crippen LogP contribution in [-0.2, 0) is 0 Å². The fourth-order valence-corrected chi connectivity index (χ4v) is 2.25. The SMILES string of the molecule is CN(CC[OH2+])c1cccc(-c2ccnc3[nH]ccc23)n1. The third-order valence-corrected chi connectivity index (χ3v) is 3.31. The third kappa shape index (κ3) is 2.23. The van der Waals surface area contributed by atoms with E-state index in [4.69, 9.17) is 10.1 Å². The highest BCUT2D eigenvalue weighted by atomic mass is 16.3. The van der Waals surface area contributed by atoms with E-state index in [1.165, 1.54) is 0 Å². The highest BCUT2D eigenvalue weighted by Gasteiger charge is 2.09. The lowest BCUT2D eigenvalue weighted by Crippen LogP contribution is -2.22. The molecule has 0 aliphatic carbocycles. The van der Waals surface area contributed by atoms with Gasteiger partial charge in [-0.05, 0) is 24.3 Å². The quantitative estimate of drug-likeness (QED) is 0.734. The van der Waals surface area contributed by atoms with Crippen LogP contribution in [0, 0.1) is 0 Å². The van der Waals surface area contributed by atoms with E-state index in [-0.39, 0.29) is 0 Å². The third-order valence-electron chi connectivity index (χ3n) is 3.31. The molecule has 0 amide bonds. The Morgan fingerprint density at radius 3 is 3.00 bits per heavy atom. The number of hydrogen-bond acceptors (Lipinski definition) is 3. The molecule has 0 fully saturated rings. The van der Waals surface area contributed by atoms with Crippen molar-refractivity contribution in [2.45, 2.75) is 0 Å². The molecule has 0 aliphatic rings. The van der Waals surface area contributed by atoms with Gasteiger partial charge in [0.05, 0.1) is 12.2 Å². The molecular formula is C15H17N4O+. The van der Waals surface area contributed by atoms with Crippen LogP contribution >= 0.6 is 0 Å². The Morgan fingerprint density at radius 2 is 2.15 bits per heavy atom. The molecule has 0 aliphatic heterocycles. The molecule has 0 aromatic carbocycles. The molecule has 102 valence electrons. The number of aromatic amines is 1. The number of H-pyrrole nitrogens is 1. The summed E-state index contributed by atoms with van der Waals surface area (Å²) in [5.74, 6) is 0.884. The molecule has 0 saturated carbocycles. The van der Waals surface area contributed by atoms with E-state index in [1.54, 1.807) is 6.20 Å². The van der Waals surface area contributed by atoms with E-state index in [1.807, 2.05) is 48.5 Å². The van der Waals surface area contributed by atoms with E-state index >= 15 is 0 Å². The van der Waals surface area contributed by atoms with Gasteiger partial charge in [-0.25, -0.2) is 9.97 Å². The van der Waals surface area contributed by atoms with Gasteiger partial charge in [0.25, 0.3) is 0 Å². The summed E-state index contributed by atoms with van der Waals surface area (Å²) in [6, 6.07) is 9.96. The Hall–Kier alpha value is -2.40. The minimum Gasteiger partial charge on any atom is -0.444 e. The number of anilines is 1. The Bertz CT molecular complexity index is 722. The number of likely N-dealkylation sites (N-methyl/N-ethyl adjacent to an activating group) is 1. The van der Waals surface area contributed by atoms with Crippen molar-refractivity contribution in [3.8, 4) is 11.3 Å². The van der Waals surface area contributed by atoms with Crippen molar-refractivity contribution in [3.63, 3.8) is 0 Å². The van der Waals surface area contributed by atoms with Crippen molar-refractivity contribution in [1.29, 1.82) is 0 Å². The summed E-state index contributed by atoms with van der Waals surface area (Å²) in [6.07, 6.45) is 3.67. The van der Waals surface area contributed by atoms with E-state index in [9.17, 15) is 0 Å². The lowest BCUT2D eigenvalue weighted by Gasteiger charge is -2.16. The molecule has 3 rings (SSSR count). The van der Waals surface area contributed by atoms with Gasteiger partial charge in [0.15, 0.2) is 6.61 Å². The van der Waals surface area contributed by atoms with E-state index < -0.39 is 0 Å². The van der Waals surface area contributed by atoms with Gasteiger partial charge in [0.2, 0.25) is 0 Å². The molecule has 3 N–H and O–H groups in total. The Balaban J connectivity index is 2.06. The standard InChI is InChI=1S/C15H16N4O/c1-19(9-10-20)14-4-2-3-13(18-14)11-5-7-16-15-12(11)6-8-17-15/h2-8,20H,9-10H2,1H3,(H,16,17)/p+1. The maximum absolute atomic E-state index is 7.31. The molecular weight excluding hydrogens is 252 g/mol. The average molecular weight is 269 g/mol. The first kappa shape index (κ1) is 12.6. The predicted molar refractivity (Wildman–Crippen MR) is 81.1 cm³/mol. The minimum absolute atomic E-state index is 0.361. The Kier molecular flexibility index (Phi) is 3.35. The highest BCUT2D eigenvalue weighted by Crippen LogP contribution is 2.26. The van der Waals surface area contributed by atoms with E-state index in [2.05, 4.69) is 9.97 Å². The molecule has 0 radical (unpaired) electrons. The molecule has 3 aromatic rings. The predicted octanol–water partition coefficient (Wildman–Crippen LogP) is 1.79. The summed E-state index contributed by atoms with van der Waals surface area (Å²) in [5, 5.41) is 8.38. The van der Waals surface area contributed by atoms with Crippen molar-refractivity contribution in [1.82, 2.24) is 15.0 Å². The van der Waals surface area contributed by atoms with Gasteiger partial charge in [0, 0.05) is 30.4 Å². The van der Waals surface area contributed by atoms with Gasteiger partial charge in [-0.1, -0.05) is 6.07 Å². The second-order valence-electron chi connectivity index (χ2n) is 4.65. The van der Waals surface area contributed by atoms with Crippen molar-refractivity contribution >= 4 is 16.9 Å². The van der Waals surface area contributed by atoms with Crippen LogP contribution in [0.15, 0.2) is 42.7 Å². The molecule has 3 heterocycles. The van der Waals surface area contributed by atoms with Crippen LogP contribution < -0.4 is 4.90 Å². The molecule has 0 unspecified atom stereocenters. The summed E-state index contributed by atoms with van der Waals surface area (Å²) < 4.78 is 0. The van der Waals surface area contributed by atoms with Gasteiger partial charge in [0.1, 0.15) is 11.5 Å². The van der Waals surface area contributed by atoms with Crippen LogP contribution in [0.4, 0.5) is 5.82 Å². The Labute approximate surface area is 116 Å². The molecule has 0 bridgehead atoms. The maximum Gasteiger partial charge on any atom is 0.161 e. The van der Waals surface area contributed by atoms with Crippen LogP contribution in [0.5, 0.6) is 0 Å². The van der Waals surface area contributed by atoms with Crippen LogP contribution in [0.25, 0.3) is 22.3 Å². The second-order valence-corrected chi connectivity index (χ2v) is 4.65. The maximum atomic E-state index is 7.31. The number of rotatable bonds is 4. The zero-order valence-corrected chi connectivity index (χ0v) is 11.3. The number of pyridine rings is 2. The summed E-state index contributed by atoms with van der Waals surface area (Å²) in [5.41, 5.74) is 2.86. The van der Waals surface area contributed by atoms with Crippen molar-refractivity contribution < 1.29 is 5.11 Å². The van der Waals surface area contributed by atoms with E-state index in [0.29, 0.717) is 13.2 Å². The number of aromatic nitrogens is 3. The number of fused-ring (bicyclic) bond motifs is 1. The first-order valence-electron chi connectivity index (χ1n) is 6.55. The van der Waals surface area contributed by atoms with Gasteiger partial charge in [-0.2, -0.15) is 0 Å². The molecule has 0 saturated heterocycles. The molecule has 5 nitrogen and oxygen atoms in total. The van der Waals surface area contributed by atoms with Gasteiger partial charge in [-0.3, -0.25) is 0 Å². The van der Waals surface area contributed by atoms with Crippen molar-refractivity contribution in [3.05, 3.63) is 42.7 Å². The van der Waals surface area contributed by atoms with Gasteiger partial charge < -0.3 is 15.0 Å². The van der Waals surface area contributed by atoms with Crippen LogP contribution in [0.3, 0.4) is 0 Å². The average Bonchev–Trinajstić information content (AvgIpc) is 2.96. The smallest absolute Gasteiger partial charge is 0.161 e. The summed E-state index contributed by atoms with van der Waals surface area (Å²) in [6.45, 7) is 1.03. The summed E-state index contributed by atoms with van der Waals surface area (Å²) >= 11 is 0. The van der Waals surface area contributed by atoms with Gasteiger partial charge >= 0.3 is 0 Å². The topological polar surface area (TPSA) is 67.7 Å². The zero-order chi connectivity index (χ0) is 13.9. The summed E-state index contributed by atoms with van der Waals surface area (Å²) in [4.78, 5) is 14.1. The van der Waals surface area contributed by atoms with Gasteiger partial charge in [-0.15, -0.1) is 0 Å². The fraction of sp³-hybridized carbons (Fsp3) is 0.200. The molecule has 3 aromatic heterocycles. The Morgan fingerprint density at radius 1 is 1.25 bits per heavy atom. The first-order chi connectivity index (χ1) is 9.79. The lowest BCUT2D eigenvalue weighted by atomic mass is 10.1. The molecule has 5 heteroatoms. The monoisotopic (exact) mass is 269 g/mol. The number of nitrogens with zero attached hydrogens (tertiary/aromatic N) is 3. The van der Waals surface area contributed by atoms with Crippen molar-refractivity contribution in [2.24, 2.45) is 0 Å². The zero-order valence-electron chi connectivity index (χ0n) is 11.3. The number of hydrogen-bond donors (Lipinski definition) is 1. The van der Waals surface area contributed by atoms with Crippen molar-refractivity contribution in [2.75, 3.05) is 25.1 Å². The van der Waals surface area contributed by atoms with Crippen LogP contribution in [0.2, 0.25) is 0 Å². The lowest BCUT2D eigenvalue weighted by molar-refractivity contribution is 0.304. The number of nitrogens with one attached hydrogen (secondary N) is 1. The largest absolute Gasteiger partial charge is 0.444 e. The minimum atomic E-state index is 0.361.